The maximum atomic E-state index is 11.7. The van der Waals surface area contributed by atoms with E-state index >= 15 is 0 Å². The van der Waals surface area contributed by atoms with Crippen LogP contribution in [0.25, 0.3) is 0 Å². The Morgan fingerprint density at radius 2 is 1.94 bits per heavy atom. The molecule has 0 saturated heterocycles. The van der Waals surface area contributed by atoms with Crippen molar-refractivity contribution in [3.05, 3.63) is 28.2 Å². The first-order valence-corrected chi connectivity index (χ1v) is 6.52. The van der Waals surface area contributed by atoms with Gasteiger partial charge >= 0.3 is 0 Å². The standard InChI is InChI=1S/C13H19BrN2O/c1-8(2)15-13(17)10(4)16-11-6-5-9(3)12(14)7-11/h5-8,10,16H,1-4H3,(H,15,17). The number of carbonyl (C=O) groups excluding carboxylic acids is 1. The highest BCUT2D eigenvalue weighted by atomic mass is 79.9. The van der Waals surface area contributed by atoms with E-state index in [1.165, 1.54) is 5.56 Å². The number of benzene rings is 1. The summed E-state index contributed by atoms with van der Waals surface area (Å²) in [7, 11) is 0. The lowest BCUT2D eigenvalue weighted by Crippen LogP contribution is -2.40. The number of rotatable bonds is 4. The lowest BCUT2D eigenvalue weighted by Gasteiger charge is -2.17. The molecule has 0 heterocycles. The molecule has 0 radical (unpaired) electrons. The number of aryl methyl sites for hydroxylation is 1. The van der Waals surface area contributed by atoms with E-state index in [1.807, 2.05) is 45.9 Å². The van der Waals surface area contributed by atoms with Crippen LogP contribution in [0, 0.1) is 6.92 Å². The van der Waals surface area contributed by atoms with Gasteiger partial charge in [0.2, 0.25) is 5.91 Å². The number of anilines is 1. The van der Waals surface area contributed by atoms with E-state index in [0.717, 1.165) is 10.2 Å². The zero-order chi connectivity index (χ0) is 13.0. The highest BCUT2D eigenvalue weighted by molar-refractivity contribution is 9.10. The van der Waals surface area contributed by atoms with Crippen molar-refractivity contribution < 1.29 is 4.79 Å². The van der Waals surface area contributed by atoms with Crippen LogP contribution in [0.3, 0.4) is 0 Å². The highest BCUT2D eigenvalue weighted by Gasteiger charge is 2.13. The maximum absolute atomic E-state index is 11.7. The van der Waals surface area contributed by atoms with E-state index in [-0.39, 0.29) is 18.0 Å². The number of carbonyl (C=O) groups is 1. The van der Waals surface area contributed by atoms with E-state index in [1.54, 1.807) is 0 Å². The number of amides is 1. The van der Waals surface area contributed by atoms with Crippen molar-refractivity contribution in [3.8, 4) is 0 Å². The Kier molecular flexibility index (Phi) is 5.00. The van der Waals surface area contributed by atoms with E-state index in [0.29, 0.717) is 0 Å². The Morgan fingerprint density at radius 3 is 2.47 bits per heavy atom. The topological polar surface area (TPSA) is 41.1 Å². The third-order valence-electron chi connectivity index (χ3n) is 2.38. The van der Waals surface area contributed by atoms with Crippen LogP contribution < -0.4 is 10.6 Å². The fourth-order valence-corrected chi connectivity index (χ4v) is 1.79. The summed E-state index contributed by atoms with van der Waals surface area (Å²) in [6.07, 6.45) is 0. The van der Waals surface area contributed by atoms with Crippen LogP contribution in [0.15, 0.2) is 22.7 Å². The monoisotopic (exact) mass is 298 g/mol. The molecule has 17 heavy (non-hydrogen) atoms. The molecule has 0 saturated carbocycles. The van der Waals surface area contributed by atoms with Gasteiger partial charge in [-0.3, -0.25) is 4.79 Å². The van der Waals surface area contributed by atoms with Gasteiger partial charge in [0.25, 0.3) is 0 Å². The van der Waals surface area contributed by atoms with Gasteiger partial charge in [0.15, 0.2) is 0 Å². The molecule has 1 amide bonds. The molecule has 1 aromatic rings. The molecular formula is C13H19BrN2O. The molecule has 94 valence electrons. The van der Waals surface area contributed by atoms with Gasteiger partial charge < -0.3 is 10.6 Å². The van der Waals surface area contributed by atoms with Crippen LogP contribution in [0.5, 0.6) is 0 Å². The SMILES string of the molecule is Cc1ccc(NC(C)C(=O)NC(C)C)cc1Br. The van der Waals surface area contributed by atoms with Crippen molar-refractivity contribution in [1.82, 2.24) is 5.32 Å². The van der Waals surface area contributed by atoms with Crippen LogP contribution in [-0.2, 0) is 4.79 Å². The number of hydrogen-bond donors (Lipinski definition) is 2. The second-order valence-electron chi connectivity index (χ2n) is 4.49. The Morgan fingerprint density at radius 1 is 1.29 bits per heavy atom. The molecule has 0 fully saturated rings. The van der Waals surface area contributed by atoms with Gasteiger partial charge in [-0.05, 0) is 45.4 Å². The average Bonchev–Trinajstić information content (AvgIpc) is 2.22. The minimum atomic E-state index is -0.244. The molecule has 1 rings (SSSR count). The van der Waals surface area contributed by atoms with Gasteiger partial charge in [-0.1, -0.05) is 22.0 Å². The molecule has 1 atom stereocenters. The first-order chi connectivity index (χ1) is 7.90. The first-order valence-electron chi connectivity index (χ1n) is 5.73. The third-order valence-corrected chi connectivity index (χ3v) is 3.23. The fourth-order valence-electron chi connectivity index (χ4n) is 1.41. The van der Waals surface area contributed by atoms with Crippen LogP contribution >= 0.6 is 15.9 Å². The van der Waals surface area contributed by atoms with Gasteiger partial charge in [-0.25, -0.2) is 0 Å². The predicted octanol–water partition coefficient (Wildman–Crippen LogP) is 3.08. The lowest BCUT2D eigenvalue weighted by molar-refractivity contribution is -0.122. The van der Waals surface area contributed by atoms with Crippen molar-refractivity contribution in [2.75, 3.05) is 5.32 Å². The second kappa shape index (κ2) is 6.05. The van der Waals surface area contributed by atoms with Crippen molar-refractivity contribution in [3.63, 3.8) is 0 Å². The first kappa shape index (κ1) is 14.0. The summed E-state index contributed by atoms with van der Waals surface area (Å²) in [4.78, 5) is 11.7. The van der Waals surface area contributed by atoms with Crippen LogP contribution in [-0.4, -0.2) is 18.0 Å². The minimum absolute atomic E-state index is 0.0108. The molecule has 2 N–H and O–H groups in total. The summed E-state index contributed by atoms with van der Waals surface area (Å²) in [5.74, 6) is 0.0108. The largest absolute Gasteiger partial charge is 0.374 e. The van der Waals surface area contributed by atoms with E-state index in [9.17, 15) is 4.79 Å². The van der Waals surface area contributed by atoms with Crippen molar-refractivity contribution >= 4 is 27.5 Å². The zero-order valence-corrected chi connectivity index (χ0v) is 12.3. The van der Waals surface area contributed by atoms with E-state index in [4.69, 9.17) is 0 Å². The van der Waals surface area contributed by atoms with Crippen LogP contribution in [0.4, 0.5) is 5.69 Å². The normalized spacial score (nSPS) is 12.4. The molecule has 1 unspecified atom stereocenters. The highest BCUT2D eigenvalue weighted by Crippen LogP contribution is 2.21. The summed E-state index contributed by atoms with van der Waals surface area (Å²) in [6.45, 7) is 7.79. The summed E-state index contributed by atoms with van der Waals surface area (Å²) in [5.41, 5.74) is 2.11. The Balaban J connectivity index is 2.64. The maximum Gasteiger partial charge on any atom is 0.242 e. The predicted molar refractivity (Wildman–Crippen MR) is 75.2 cm³/mol. The number of halogens is 1. The molecule has 0 spiro atoms. The van der Waals surface area contributed by atoms with E-state index < -0.39 is 0 Å². The lowest BCUT2D eigenvalue weighted by atomic mass is 10.2. The van der Waals surface area contributed by atoms with Gasteiger partial charge in [-0.2, -0.15) is 0 Å². The quantitative estimate of drug-likeness (QED) is 0.897. The molecule has 0 aliphatic heterocycles. The Hall–Kier alpha value is -1.03. The molecule has 0 aliphatic carbocycles. The third kappa shape index (κ3) is 4.38. The smallest absolute Gasteiger partial charge is 0.242 e. The van der Waals surface area contributed by atoms with Gasteiger partial charge in [0.1, 0.15) is 6.04 Å². The van der Waals surface area contributed by atoms with Crippen LogP contribution in [0.1, 0.15) is 26.3 Å². The van der Waals surface area contributed by atoms with Crippen LogP contribution in [0.2, 0.25) is 0 Å². The molecule has 0 aliphatic rings. The summed E-state index contributed by atoms with van der Waals surface area (Å²) in [5, 5.41) is 6.05. The second-order valence-corrected chi connectivity index (χ2v) is 5.35. The fraction of sp³-hybridized carbons (Fsp3) is 0.462. The van der Waals surface area contributed by atoms with Crippen molar-refractivity contribution in [2.24, 2.45) is 0 Å². The zero-order valence-electron chi connectivity index (χ0n) is 10.7. The van der Waals surface area contributed by atoms with Crippen molar-refractivity contribution in [1.29, 1.82) is 0 Å². The number of nitrogens with one attached hydrogen (secondary N) is 2. The Bertz CT molecular complexity index is 404. The molecule has 1 aromatic carbocycles. The van der Waals surface area contributed by atoms with Gasteiger partial charge in [0, 0.05) is 16.2 Å². The van der Waals surface area contributed by atoms with Crippen molar-refractivity contribution in [2.45, 2.75) is 39.8 Å². The summed E-state index contributed by atoms with van der Waals surface area (Å²) in [6, 6.07) is 5.89. The molecule has 0 aromatic heterocycles. The molecule has 3 nitrogen and oxygen atoms in total. The summed E-state index contributed by atoms with van der Waals surface area (Å²) < 4.78 is 1.04. The molecule has 0 bridgehead atoms. The minimum Gasteiger partial charge on any atom is -0.374 e. The van der Waals surface area contributed by atoms with Gasteiger partial charge in [0.05, 0.1) is 0 Å². The average molecular weight is 299 g/mol. The summed E-state index contributed by atoms with van der Waals surface area (Å²) >= 11 is 3.47. The Labute approximate surface area is 111 Å². The molecule has 4 heteroatoms. The van der Waals surface area contributed by atoms with E-state index in [2.05, 4.69) is 26.6 Å². The van der Waals surface area contributed by atoms with Gasteiger partial charge in [-0.15, -0.1) is 0 Å². The number of hydrogen-bond acceptors (Lipinski definition) is 2. The molecular weight excluding hydrogens is 280 g/mol.